The van der Waals surface area contributed by atoms with Crippen LogP contribution in [0.15, 0.2) is 72.6 Å². The maximum Gasteiger partial charge on any atom is 0.0724 e. The third-order valence-corrected chi connectivity index (χ3v) is 5.29. The third kappa shape index (κ3) is 4.30. The molecular weight excluding hydrogens is 263 g/mol. The van der Waals surface area contributed by atoms with Crippen LogP contribution in [0, 0.1) is 0 Å². The van der Waals surface area contributed by atoms with Crippen molar-refractivity contribution in [1.82, 2.24) is 0 Å². The standard InChI is InChI=1S/C18H21OP/c1-2-9-16(19)14-15-20(17-10-5-3-6-11-17)18-12-7-4-8-13-18/h3-8,10-16,19H,2,9H2,1H3/b15-14-. The fourth-order valence-corrected chi connectivity index (χ4v) is 4.08. The Morgan fingerprint density at radius 3 is 1.90 bits per heavy atom. The zero-order chi connectivity index (χ0) is 14.2. The minimum Gasteiger partial charge on any atom is -0.389 e. The van der Waals surface area contributed by atoms with Crippen LogP contribution in [-0.4, -0.2) is 11.2 Å². The van der Waals surface area contributed by atoms with Gasteiger partial charge in [-0.05, 0) is 25.0 Å². The molecule has 1 nitrogen and oxygen atoms in total. The van der Waals surface area contributed by atoms with Crippen molar-refractivity contribution < 1.29 is 5.11 Å². The van der Waals surface area contributed by atoms with E-state index in [0.29, 0.717) is 0 Å². The fraction of sp³-hybridized carbons (Fsp3) is 0.222. The number of rotatable bonds is 6. The number of benzene rings is 2. The van der Waals surface area contributed by atoms with E-state index in [1.54, 1.807) is 0 Å². The Hall–Kier alpha value is -1.43. The monoisotopic (exact) mass is 284 g/mol. The summed E-state index contributed by atoms with van der Waals surface area (Å²) in [5, 5.41) is 12.5. The van der Waals surface area contributed by atoms with Crippen molar-refractivity contribution in [2.75, 3.05) is 0 Å². The maximum atomic E-state index is 9.92. The smallest absolute Gasteiger partial charge is 0.0724 e. The SMILES string of the molecule is CCCC(O)/C=C\P(c1ccccc1)c1ccccc1. The van der Waals surface area contributed by atoms with E-state index in [1.807, 2.05) is 18.2 Å². The summed E-state index contributed by atoms with van der Waals surface area (Å²) < 4.78 is 0. The Morgan fingerprint density at radius 2 is 1.45 bits per heavy atom. The van der Waals surface area contributed by atoms with Crippen molar-refractivity contribution >= 4 is 18.5 Å². The third-order valence-electron chi connectivity index (χ3n) is 3.11. The Bertz CT molecular complexity index is 482. The second-order valence-electron chi connectivity index (χ2n) is 4.74. The van der Waals surface area contributed by atoms with Crippen LogP contribution in [0.3, 0.4) is 0 Å². The molecule has 20 heavy (non-hydrogen) atoms. The highest BCUT2D eigenvalue weighted by atomic mass is 31.1. The van der Waals surface area contributed by atoms with Crippen molar-refractivity contribution in [3.05, 3.63) is 72.6 Å². The van der Waals surface area contributed by atoms with E-state index >= 15 is 0 Å². The van der Waals surface area contributed by atoms with Crippen LogP contribution in [-0.2, 0) is 0 Å². The first-order valence-electron chi connectivity index (χ1n) is 7.07. The first-order chi connectivity index (χ1) is 9.81. The van der Waals surface area contributed by atoms with Crippen LogP contribution in [0.1, 0.15) is 19.8 Å². The lowest BCUT2D eigenvalue weighted by atomic mass is 10.2. The van der Waals surface area contributed by atoms with E-state index in [2.05, 4.69) is 61.3 Å². The molecule has 1 atom stereocenters. The zero-order valence-electron chi connectivity index (χ0n) is 11.8. The van der Waals surface area contributed by atoms with Crippen molar-refractivity contribution in [3.63, 3.8) is 0 Å². The predicted molar refractivity (Wildman–Crippen MR) is 89.1 cm³/mol. The Balaban J connectivity index is 2.26. The summed E-state index contributed by atoms with van der Waals surface area (Å²) in [6.45, 7) is 2.09. The molecule has 0 aromatic heterocycles. The van der Waals surface area contributed by atoms with Crippen LogP contribution in [0.4, 0.5) is 0 Å². The average Bonchev–Trinajstić information content (AvgIpc) is 2.50. The summed E-state index contributed by atoms with van der Waals surface area (Å²) in [5.41, 5.74) is 0. The van der Waals surface area contributed by atoms with Crippen LogP contribution < -0.4 is 10.6 Å². The molecule has 0 bridgehead atoms. The number of aliphatic hydroxyl groups excluding tert-OH is 1. The minimum atomic E-state index is -0.535. The lowest BCUT2D eigenvalue weighted by Crippen LogP contribution is -2.10. The molecule has 0 saturated heterocycles. The Kier molecular flexibility index (Phi) is 5.98. The van der Waals surface area contributed by atoms with Gasteiger partial charge < -0.3 is 5.11 Å². The van der Waals surface area contributed by atoms with E-state index in [1.165, 1.54) is 10.6 Å². The van der Waals surface area contributed by atoms with Crippen LogP contribution in [0.25, 0.3) is 0 Å². The van der Waals surface area contributed by atoms with Crippen molar-refractivity contribution in [2.45, 2.75) is 25.9 Å². The van der Waals surface area contributed by atoms with Crippen LogP contribution in [0.5, 0.6) is 0 Å². The van der Waals surface area contributed by atoms with E-state index in [-0.39, 0.29) is 6.10 Å². The van der Waals surface area contributed by atoms with Gasteiger partial charge in [0.25, 0.3) is 0 Å². The normalized spacial score (nSPS) is 12.9. The van der Waals surface area contributed by atoms with Gasteiger partial charge >= 0.3 is 0 Å². The molecule has 0 radical (unpaired) electrons. The van der Waals surface area contributed by atoms with Gasteiger partial charge in [-0.15, -0.1) is 0 Å². The fourth-order valence-electron chi connectivity index (χ4n) is 2.08. The van der Waals surface area contributed by atoms with E-state index < -0.39 is 7.92 Å². The minimum absolute atomic E-state index is 0.336. The Labute approximate surface area is 122 Å². The molecule has 2 aromatic rings. The molecule has 2 rings (SSSR count). The number of hydrogen-bond donors (Lipinski definition) is 1. The maximum absolute atomic E-state index is 9.92. The molecule has 0 fully saturated rings. The van der Waals surface area contributed by atoms with Gasteiger partial charge in [-0.1, -0.05) is 85.9 Å². The van der Waals surface area contributed by atoms with Gasteiger partial charge in [-0.2, -0.15) is 0 Å². The highest BCUT2D eigenvalue weighted by molar-refractivity contribution is 7.75. The van der Waals surface area contributed by atoms with E-state index in [0.717, 1.165) is 12.8 Å². The molecule has 104 valence electrons. The second kappa shape index (κ2) is 7.99. The summed E-state index contributed by atoms with van der Waals surface area (Å²) in [7, 11) is -0.535. The molecule has 0 amide bonds. The predicted octanol–water partition coefficient (Wildman–Crippen LogP) is 3.79. The van der Waals surface area contributed by atoms with E-state index in [4.69, 9.17) is 0 Å². The Morgan fingerprint density at radius 1 is 0.950 bits per heavy atom. The van der Waals surface area contributed by atoms with Crippen molar-refractivity contribution in [2.24, 2.45) is 0 Å². The summed E-state index contributed by atoms with van der Waals surface area (Å²) in [5.74, 6) is 2.18. The van der Waals surface area contributed by atoms with E-state index in [9.17, 15) is 5.11 Å². The lowest BCUT2D eigenvalue weighted by Gasteiger charge is -2.15. The van der Waals surface area contributed by atoms with Crippen molar-refractivity contribution in [1.29, 1.82) is 0 Å². The van der Waals surface area contributed by atoms with Crippen LogP contribution >= 0.6 is 7.92 Å². The first kappa shape index (κ1) is 15.0. The molecule has 1 N–H and O–H groups in total. The quantitative estimate of drug-likeness (QED) is 0.800. The van der Waals surface area contributed by atoms with Gasteiger partial charge in [-0.3, -0.25) is 0 Å². The molecule has 0 aliphatic rings. The molecular formula is C18H21OP. The van der Waals surface area contributed by atoms with Gasteiger partial charge in [0.05, 0.1) is 6.10 Å². The average molecular weight is 284 g/mol. The molecule has 0 saturated carbocycles. The van der Waals surface area contributed by atoms with Gasteiger partial charge in [0.2, 0.25) is 0 Å². The highest BCUT2D eigenvalue weighted by Gasteiger charge is 2.10. The highest BCUT2D eigenvalue weighted by Crippen LogP contribution is 2.35. The summed E-state index contributed by atoms with van der Waals surface area (Å²) >= 11 is 0. The van der Waals surface area contributed by atoms with Crippen molar-refractivity contribution in [3.8, 4) is 0 Å². The largest absolute Gasteiger partial charge is 0.389 e. The topological polar surface area (TPSA) is 20.2 Å². The lowest BCUT2D eigenvalue weighted by molar-refractivity contribution is 0.212. The molecule has 2 aromatic carbocycles. The summed E-state index contributed by atoms with van der Waals surface area (Å²) in [6.07, 6.45) is 3.44. The van der Waals surface area contributed by atoms with Crippen LogP contribution in [0.2, 0.25) is 0 Å². The molecule has 0 aliphatic carbocycles. The number of aliphatic hydroxyl groups is 1. The first-order valence-corrected chi connectivity index (χ1v) is 8.48. The van der Waals surface area contributed by atoms with Gasteiger partial charge in [0.15, 0.2) is 0 Å². The van der Waals surface area contributed by atoms with Gasteiger partial charge in [0.1, 0.15) is 0 Å². The van der Waals surface area contributed by atoms with Gasteiger partial charge in [0, 0.05) is 0 Å². The molecule has 1 unspecified atom stereocenters. The summed E-state index contributed by atoms with van der Waals surface area (Å²) in [4.78, 5) is 0. The molecule has 2 heteroatoms. The second-order valence-corrected chi connectivity index (χ2v) is 6.81. The number of hydrogen-bond acceptors (Lipinski definition) is 1. The summed E-state index contributed by atoms with van der Waals surface area (Å²) in [6, 6.07) is 21.0. The molecule has 0 aliphatic heterocycles. The molecule has 0 heterocycles. The molecule has 0 spiro atoms. The van der Waals surface area contributed by atoms with Gasteiger partial charge in [-0.25, -0.2) is 0 Å². The zero-order valence-corrected chi connectivity index (χ0v) is 12.7.